The highest BCUT2D eigenvalue weighted by Gasteiger charge is 2.38. The minimum absolute atomic E-state index is 0.111. The molecule has 1 amide bonds. The highest BCUT2D eigenvalue weighted by atomic mass is 32.2. The van der Waals surface area contributed by atoms with E-state index in [2.05, 4.69) is 4.90 Å². The first-order valence-corrected chi connectivity index (χ1v) is 9.11. The molecule has 0 saturated carbocycles. The van der Waals surface area contributed by atoms with Crippen LogP contribution in [0.3, 0.4) is 0 Å². The molecule has 1 N–H and O–H groups in total. The molecule has 0 spiro atoms. The predicted molar refractivity (Wildman–Crippen MR) is 96.5 cm³/mol. The zero-order valence-corrected chi connectivity index (χ0v) is 14.8. The number of fused-ring (bicyclic) bond motifs is 1. The summed E-state index contributed by atoms with van der Waals surface area (Å²) in [7, 11) is 0. The molecule has 1 aromatic carbocycles. The van der Waals surface area contributed by atoms with Crippen LogP contribution in [0.2, 0.25) is 0 Å². The van der Waals surface area contributed by atoms with Gasteiger partial charge in [-0.1, -0.05) is 47.9 Å². The van der Waals surface area contributed by atoms with E-state index < -0.39 is 5.97 Å². The number of rotatable bonds is 4. The monoisotopic (exact) mass is 366 g/mol. The summed E-state index contributed by atoms with van der Waals surface area (Å²) in [5.41, 5.74) is 1.09. The number of carboxylic acids is 1. The van der Waals surface area contributed by atoms with Gasteiger partial charge in [0.15, 0.2) is 0 Å². The number of carbonyl (C=O) groups excluding carboxylic acids is 1. The molecule has 0 radical (unpaired) electrons. The van der Waals surface area contributed by atoms with Crippen LogP contribution in [0.15, 0.2) is 39.1 Å². The van der Waals surface area contributed by atoms with E-state index in [4.69, 9.17) is 17.3 Å². The fourth-order valence-corrected chi connectivity index (χ4v) is 5.13. The van der Waals surface area contributed by atoms with E-state index in [0.717, 1.165) is 22.2 Å². The van der Waals surface area contributed by atoms with Crippen molar-refractivity contribution < 1.29 is 14.7 Å². The molecule has 5 nitrogen and oxygen atoms in total. The van der Waals surface area contributed by atoms with Gasteiger partial charge >= 0.3 is 5.97 Å². The summed E-state index contributed by atoms with van der Waals surface area (Å²) in [5, 5.41) is 9.69. The van der Waals surface area contributed by atoms with Gasteiger partial charge in [0.25, 0.3) is 5.91 Å². The third-order valence-electron chi connectivity index (χ3n) is 3.52. The summed E-state index contributed by atoms with van der Waals surface area (Å²) in [6.45, 7) is 2.90. The number of carbonyl (C=O) groups is 2. The second kappa shape index (κ2) is 6.54. The molecular weight excluding hydrogens is 352 g/mol. The van der Waals surface area contributed by atoms with Gasteiger partial charge in [0.1, 0.15) is 14.3 Å². The molecule has 0 aromatic heterocycles. The van der Waals surface area contributed by atoms with Crippen LogP contribution in [0.5, 0.6) is 0 Å². The van der Waals surface area contributed by atoms with Gasteiger partial charge in [0.05, 0.1) is 12.1 Å². The van der Waals surface area contributed by atoms with Crippen molar-refractivity contribution in [2.24, 2.45) is 0 Å². The number of hydrogen-bond acceptors (Lipinski definition) is 6. The second-order valence-electron chi connectivity index (χ2n) is 4.92. The Morgan fingerprint density at radius 3 is 2.70 bits per heavy atom. The number of anilines is 1. The molecule has 2 aliphatic rings. The first-order chi connectivity index (χ1) is 11.0. The Bertz CT molecular complexity index is 732. The van der Waals surface area contributed by atoms with Crippen LogP contribution in [0.4, 0.5) is 5.69 Å². The van der Waals surface area contributed by atoms with Gasteiger partial charge in [0.2, 0.25) is 0 Å². The number of aliphatic carboxylic acids is 1. The van der Waals surface area contributed by atoms with Crippen LogP contribution in [-0.4, -0.2) is 39.3 Å². The highest BCUT2D eigenvalue weighted by molar-refractivity contribution is 8.27. The molecule has 2 aliphatic heterocycles. The average Bonchev–Trinajstić information content (AvgIpc) is 3.02. The number of thiocarbonyl (C=S) groups is 1. The lowest BCUT2D eigenvalue weighted by molar-refractivity contribution is -0.137. The largest absolute Gasteiger partial charge is 0.481 e. The molecule has 0 aliphatic carbocycles. The van der Waals surface area contributed by atoms with Crippen molar-refractivity contribution in [3.63, 3.8) is 0 Å². The number of hydrogen-bond donors (Lipinski definition) is 1. The molecule has 0 atom stereocenters. The average molecular weight is 366 g/mol. The van der Waals surface area contributed by atoms with Crippen molar-refractivity contribution in [3.8, 4) is 0 Å². The van der Waals surface area contributed by atoms with Gasteiger partial charge in [0, 0.05) is 18.0 Å². The molecule has 0 unspecified atom stereocenters. The number of thioether (sulfide) groups is 2. The first kappa shape index (κ1) is 16.4. The number of nitrogens with zero attached hydrogens (tertiary/aromatic N) is 2. The number of carboxylic acid groups (broad SMARTS) is 1. The molecule has 1 saturated heterocycles. The number of benzene rings is 1. The topological polar surface area (TPSA) is 60.9 Å². The third kappa shape index (κ3) is 2.98. The summed E-state index contributed by atoms with van der Waals surface area (Å²) < 4.78 is 0.423. The fourth-order valence-electron chi connectivity index (χ4n) is 2.44. The lowest BCUT2D eigenvalue weighted by Crippen LogP contribution is -2.31. The van der Waals surface area contributed by atoms with Gasteiger partial charge in [-0.25, -0.2) is 0 Å². The van der Waals surface area contributed by atoms with Crippen LogP contribution >= 0.6 is 35.7 Å². The summed E-state index contributed by atoms with van der Waals surface area (Å²) in [4.78, 5) is 28.6. The Balaban J connectivity index is 1.92. The Hall–Kier alpha value is -1.51. The minimum Gasteiger partial charge on any atom is -0.481 e. The first-order valence-electron chi connectivity index (χ1n) is 7.07. The van der Waals surface area contributed by atoms with E-state index >= 15 is 0 Å². The third-order valence-corrected chi connectivity index (χ3v) is 6.27. The van der Waals surface area contributed by atoms with Crippen LogP contribution in [-0.2, 0) is 9.59 Å². The van der Waals surface area contributed by atoms with Gasteiger partial charge < -0.3 is 10.0 Å². The van der Waals surface area contributed by atoms with E-state index in [0.29, 0.717) is 9.23 Å². The van der Waals surface area contributed by atoms with Crippen molar-refractivity contribution in [1.29, 1.82) is 0 Å². The maximum Gasteiger partial charge on any atom is 0.305 e. The molecular formula is C15H14N2O3S3. The summed E-state index contributed by atoms with van der Waals surface area (Å²) in [6, 6.07) is 8.01. The van der Waals surface area contributed by atoms with Crippen LogP contribution in [0.25, 0.3) is 0 Å². The van der Waals surface area contributed by atoms with Crippen molar-refractivity contribution >= 4 is 57.6 Å². The maximum atomic E-state index is 12.7. The molecule has 120 valence electrons. The molecule has 2 heterocycles. The van der Waals surface area contributed by atoms with E-state index in [9.17, 15) is 9.59 Å². The smallest absolute Gasteiger partial charge is 0.305 e. The van der Waals surface area contributed by atoms with Crippen molar-refractivity contribution in [1.82, 2.24) is 4.90 Å². The SMILES string of the molecule is CCN1C(=C2SC(=S)N(CCC(=O)O)C2=O)Sc2ccccc21. The van der Waals surface area contributed by atoms with Crippen LogP contribution in [0.1, 0.15) is 13.3 Å². The summed E-state index contributed by atoms with van der Waals surface area (Å²) in [6.07, 6.45) is -0.111. The maximum absolute atomic E-state index is 12.7. The minimum atomic E-state index is -0.940. The Morgan fingerprint density at radius 2 is 2.00 bits per heavy atom. The van der Waals surface area contributed by atoms with Crippen molar-refractivity contribution in [3.05, 3.63) is 34.2 Å². The molecule has 1 aromatic rings. The van der Waals surface area contributed by atoms with E-state index in [1.54, 1.807) is 11.8 Å². The molecule has 3 rings (SSSR count). The predicted octanol–water partition coefficient (Wildman–Crippen LogP) is 3.12. The van der Waals surface area contributed by atoms with Crippen LogP contribution in [0, 0.1) is 0 Å². The van der Waals surface area contributed by atoms with Crippen molar-refractivity contribution in [2.75, 3.05) is 18.0 Å². The van der Waals surface area contributed by atoms with E-state index in [1.807, 2.05) is 31.2 Å². The molecule has 1 fully saturated rings. The molecule has 0 bridgehead atoms. The molecule has 8 heteroatoms. The number of amides is 1. The zero-order valence-electron chi connectivity index (χ0n) is 12.3. The second-order valence-corrected chi connectivity index (χ2v) is 7.59. The van der Waals surface area contributed by atoms with Gasteiger partial charge in [-0.05, 0) is 19.1 Å². The highest BCUT2D eigenvalue weighted by Crippen LogP contribution is 2.50. The van der Waals surface area contributed by atoms with E-state index in [-0.39, 0.29) is 18.9 Å². The van der Waals surface area contributed by atoms with Crippen LogP contribution < -0.4 is 4.90 Å². The Morgan fingerprint density at radius 1 is 1.26 bits per heavy atom. The van der Waals surface area contributed by atoms with E-state index in [1.165, 1.54) is 16.7 Å². The fraction of sp³-hybridized carbons (Fsp3) is 0.267. The Kier molecular flexibility index (Phi) is 4.65. The number of para-hydroxylation sites is 1. The van der Waals surface area contributed by atoms with Crippen molar-refractivity contribution in [2.45, 2.75) is 18.2 Å². The lowest BCUT2D eigenvalue weighted by Gasteiger charge is -2.19. The Labute approximate surface area is 147 Å². The van der Waals surface area contributed by atoms with Gasteiger partial charge in [-0.3, -0.25) is 14.5 Å². The zero-order chi connectivity index (χ0) is 16.6. The van der Waals surface area contributed by atoms with Gasteiger partial charge in [-0.15, -0.1) is 0 Å². The summed E-state index contributed by atoms with van der Waals surface area (Å²) in [5.74, 6) is -1.14. The lowest BCUT2D eigenvalue weighted by atomic mass is 10.3. The standard InChI is InChI=1S/C15H14N2O3S3/c1-2-16-9-5-3-4-6-10(9)22-14(16)12-13(20)17(15(21)23-12)8-7-11(18)19/h3-6H,2,7-8H2,1H3,(H,18,19). The quantitative estimate of drug-likeness (QED) is 0.649. The molecule has 23 heavy (non-hydrogen) atoms. The normalized spacial score (nSPS) is 20.4. The summed E-state index contributed by atoms with van der Waals surface area (Å²) >= 11 is 8.07. The van der Waals surface area contributed by atoms with Gasteiger partial charge in [-0.2, -0.15) is 0 Å².